The summed E-state index contributed by atoms with van der Waals surface area (Å²) >= 11 is 0. The molecule has 0 aliphatic carbocycles. The quantitative estimate of drug-likeness (QED) is 0.0261. The van der Waals surface area contributed by atoms with Crippen molar-refractivity contribution in [3.8, 4) is 0 Å². The van der Waals surface area contributed by atoms with E-state index in [1.165, 1.54) is 193 Å². The Morgan fingerprint density at radius 3 is 0.792 bits per heavy atom. The average molecular weight is 1080 g/mol. The lowest BCUT2D eigenvalue weighted by Gasteiger charge is -2.18. The highest BCUT2D eigenvalue weighted by atomic mass is 16.6. The van der Waals surface area contributed by atoms with Gasteiger partial charge in [0, 0.05) is 19.3 Å². The number of hydrogen-bond donors (Lipinski definition) is 0. The van der Waals surface area contributed by atoms with Crippen LogP contribution < -0.4 is 0 Å². The standard InChI is InChI=1S/C71H126O6/c1-4-7-10-13-16-18-20-22-24-26-28-30-32-34-35-36-38-39-41-43-45-47-49-51-53-55-58-61-64-70(73)76-67-68(66-75-69(72)63-60-57-15-12-9-6-3)77-71(74)65-62-59-56-54-52-50-48-46-44-42-40-37-33-31-29-27-25-23-21-19-17-14-11-8-5-2/h8,11,17,19,23,25,29,31,37,40,44,46,68H,4-7,9-10,12-16,18,20-22,24,26-28,30,32-36,38-39,41-43,45,47-67H2,1-3H3/b11-8-,19-17-,25-23-,31-29-,40-37-,46-44-. The topological polar surface area (TPSA) is 78.9 Å². The molecule has 0 spiro atoms. The zero-order chi connectivity index (χ0) is 55.7. The molecule has 77 heavy (non-hydrogen) atoms. The number of rotatable bonds is 61. The van der Waals surface area contributed by atoms with E-state index >= 15 is 0 Å². The van der Waals surface area contributed by atoms with E-state index in [1.54, 1.807) is 0 Å². The molecule has 1 unspecified atom stereocenters. The summed E-state index contributed by atoms with van der Waals surface area (Å²) in [6.07, 6.45) is 85.4. The first-order valence-corrected chi connectivity index (χ1v) is 33.4. The molecule has 0 aromatic heterocycles. The minimum Gasteiger partial charge on any atom is -0.462 e. The van der Waals surface area contributed by atoms with Crippen LogP contribution in [0.5, 0.6) is 0 Å². The number of carbonyl (C=O) groups is 3. The number of ether oxygens (including phenoxy) is 3. The van der Waals surface area contributed by atoms with Crippen molar-refractivity contribution in [2.24, 2.45) is 0 Å². The minimum absolute atomic E-state index is 0.0782. The van der Waals surface area contributed by atoms with Crippen LogP contribution in [-0.4, -0.2) is 37.2 Å². The Bertz CT molecular complexity index is 1420. The highest BCUT2D eigenvalue weighted by molar-refractivity contribution is 5.71. The Kier molecular flexibility index (Phi) is 62.7. The number of hydrogen-bond acceptors (Lipinski definition) is 6. The van der Waals surface area contributed by atoms with E-state index in [-0.39, 0.29) is 31.1 Å². The zero-order valence-corrected chi connectivity index (χ0v) is 51.2. The Morgan fingerprint density at radius 1 is 0.273 bits per heavy atom. The van der Waals surface area contributed by atoms with Gasteiger partial charge in [-0.2, -0.15) is 0 Å². The monoisotopic (exact) mass is 1070 g/mol. The van der Waals surface area contributed by atoms with Crippen molar-refractivity contribution in [2.45, 2.75) is 348 Å². The second-order valence-electron chi connectivity index (χ2n) is 22.4. The third-order valence-electron chi connectivity index (χ3n) is 14.7. The summed E-state index contributed by atoms with van der Waals surface area (Å²) in [6.45, 7) is 6.50. The van der Waals surface area contributed by atoms with Gasteiger partial charge in [-0.05, 0) is 70.6 Å². The molecular formula is C71H126O6. The van der Waals surface area contributed by atoms with Crippen LogP contribution in [0.4, 0.5) is 0 Å². The van der Waals surface area contributed by atoms with Gasteiger partial charge < -0.3 is 14.2 Å². The van der Waals surface area contributed by atoms with Crippen LogP contribution >= 0.6 is 0 Å². The van der Waals surface area contributed by atoms with Crippen LogP contribution in [0.2, 0.25) is 0 Å². The van der Waals surface area contributed by atoms with Crippen molar-refractivity contribution < 1.29 is 28.6 Å². The lowest BCUT2D eigenvalue weighted by Crippen LogP contribution is -2.30. The van der Waals surface area contributed by atoms with Gasteiger partial charge in [-0.25, -0.2) is 0 Å². The van der Waals surface area contributed by atoms with Crippen LogP contribution in [-0.2, 0) is 28.6 Å². The first-order valence-electron chi connectivity index (χ1n) is 33.4. The Labute approximate surface area is 478 Å². The van der Waals surface area contributed by atoms with E-state index in [1.807, 2.05) is 0 Å². The lowest BCUT2D eigenvalue weighted by molar-refractivity contribution is -0.167. The predicted octanol–water partition coefficient (Wildman–Crippen LogP) is 22.9. The first kappa shape index (κ1) is 73.8. The van der Waals surface area contributed by atoms with Gasteiger partial charge in [0.05, 0.1) is 0 Å². The minimum atomic E-state index is -0.780. The number of unbranched alkanes of at least 4 members (excludes halogenated alkanes) is 38. The smallest absolute Gasteiger partial charge is 0.306 e. The van der Waals surface area contributed by atoms with Gasteiger partial charge in [-0.1, -0.05) is 325 Å². The van der Waals surface area contributed by atoms with Crippen LogP contribution in [0.1, 0.15) is 342 Å². The van der Waals surface area contributed by atoms with Gasteiger partial charge in [0.15, 0.2) is 6.10 Å². The second kappa shape index (κ2) is 65.4. The molecule has 0 aromatic carbocycles. The predicted molar refractivity (Wildman–Crippen MR) is 335 cm³/mol. The summed E-state index contributed by atoms with van der Waals surface area (Å²) in [5.41, 5.74) is 0. The van der Waals surface area contributed by atoms with Crippen molar-refractivity contribution in [3.05, 3.63) is 72.9 Å². The third kappa shape index (κ3) is 63.6. The van der Waals surface area contributed by atoms with Crippen LogP contribution in [0.25, 0.3) is 0 Å². The van der Waals surface area contributed by atoms with E-state index in [0.717, 1.165) is 109 Å². The summed E-state index contributed by atoms with van der Waals surface area (Å²) in [7, 11) is 0. The summed E-state index contributed by atoms with van der Waals surface area (Å²) in [5.74, 6) is -0.888. The maximum absolute atomic E-state index is 12.9. The van der Waals surface area contributed by atoms with E-state index in [9.17, 15) is 14.4 Å². The maximum Gasteiger partial charge on any atom is 0.306 e. The highest BCUT2D eigenvalue weighted by Gasteiger charge is 2.19. The maximum atomic E-state index is 12.9. The largest absolute Gasteiger partial charge is 0.462 e. The van der Waals surface area contributed by atoms with Gasteiger partial charge in [-0.15, -0.1) is 0 Å². The van der Waals surface area contributed by atoms with Crippen LogP contribution in [0.3, 0.4) is 0 Å². The molecule has 0 amide bonds. The Balaban J connectivity index is 4.06. The fraction of sp³-hybridized carbons (Fsp3) is 0.789. The molecule has 0 rings (SSSR count). The molecule has 6 heteroatoms. The molecule has 0 heterocycles. The third-order valence-corrected chi connectivity index (χ3v) is 14.7. The summed E-state index contributed by atoms with van der Waals surface area (Å²) in [5, 5.41) is 0. The van der Waals surface area contributed by atoms with Crippen LogP contribution in [0.15, 0.2) is 72.9 Å². The van der Waals surface area contributed by atoms with E-state index in [4.69, 9.17) is 14.2 Å². The van der Waals surface area contributed by atoms with E-state index in [0.29, 0.717) is 19.3 Å². The number of allylic oxidation sites excluding steroid dienone is 12. The summed E-state index contributed by atoms with van der Waals surface area (Å²) in [4.78, 5) is 38.0. The molecule has 446 valence electrons. The summed E-state index contributed by atoms with van der Waals surface area (Å²) < 4.78 is 16.8. The van der Waals surface area contributed by atoms with E-state index in [2.05, 4.69) is 93.7 Å². The molecule has 0 aliphatic rings. The molecule has 0 N–H and O–H groups in total. The van der Waals surface area contributed by atoms with Crippen molar-refractivity contribution in [2.75, 3.05) is 13.2 Å². The van der Waals surface area contributed by atoms with Gasteiger partial charge in [0.25, 0.3) is 0 Å². The molecule has 0 radical (unpaired) electrons. The SMILES string of the molecule is CC/C=C\C/C=C\C/C=C\C/C=C\C/C=C\C/C=C\CCCCCCCCC(=O)OC(COC(=O)CCCCCCCC)COC(=O)CCCCCCCCCCCCCCCCCCCCCCCCCCCCCC. The van der Waals surface area contributed by atoms with Crippen molar-refractivity contribution >= 4 is 17.9 Å². The first-order chi connectivity index (χ1) is 38.0. The van der Waals surface area contributed by atoms with Crippen molar-refractivity contribution in [1.82, 2.24) is 0 Å². The highest BCUT2D eigenvalue weighted by Crippen LogP contribution is 2.18. The van der Waals surface area contributed by atoms with Crippen molar-refractivity contribution in [1.29, 1.82) is 0 Å². The summed E-state index contributed by atoms with van der Waals surface area (Å²) in [6, 6.07) is 0. The zero-order valence-electron chi connectivity index (χ0n) is 51.2. The van der Waals surface area contributed by atoms with Crippen LogP contribution in [0, 0.1) is 0 Å². The normalized spacial score (nSPS) is 12.5. The molecular weight excluding hydrogens is 949 g/mol. The molecule has 0 aromatic rings. The van der Waals surface area contributed by atoms with Gasteiger partial charge >= 0.3 is 17.9 Å². The van der Waals surface area contributed by atoms with Gasteiger partial charge in [0.1, 0.15) is 13.2 Å². The molecule has 0 saturated carbocycles. The molecule has 0 bridgehead atoms. The molecule has 0 fully saturated rings. The lowest BCUT2D eigenvalue weighted by atomic mass is 10.0. The molecule has 0 saturated heterocycles. The van der Waals surface area contributed by atoms with Crippen molar-refractivity contribution in [3.63, 3.8) is 0 Å². The Hall–Kier alpha value is -3.15. The fourth-order valence-corrected chi connectivity index (χ4v) is 9.74. The number of esters is 3. The fourth-order valence-electron chi connectivity index (χ4n) is 9.74. The van der Waals surface area contributed by atoms with Gasteiger partial charge in [0.2, 0.25) is 0 Å². The molecule has 1 atom stereocenters. The van der Waals surface area contributed by atoms with E-state index < -0.39 is 6.10 Å². The average Bonchev–Trinajstić information content (AvgIpc) is 3.43. The Morgan fingerprint density at radius 2 is 0.506 bits per heavy atom. The molecule has 6 nitrogen and oxygen atoms in total. The second-order valence-corrected chi connectivity index (χ2v) is 22.4. The number of carbonyl (C=O) groups excluding carboxylic acids is 3. The van der Waals surface area contributed by atoms with Gasteiger partial charge in [-0.3, -0.25) is 14.4 Å². The molecule has 0 aliphatic heterocycles.